The minimum atomic E-state index is -0.373. The van der Waals surface area contributed by atoms with E-state index in [-0.39, 0.29) is 11.9 Å². The molecule has 0 unspecified atom stereocenters. The first-order valence-electron chi connectivity index (χ1n) is 8.02. The Morgan fingerprint density at radius 2 is 1.85 bits per heavy atom. The van der Waals surface area contributed by atoms with E-state index in [1.165, 1.54) is 0 Å². The van der Waals surface area contributed by atoms with Gasteiger partial charge in [0.2, 0.25) is 5.91 Å². The van der Waals surface area contributed by atoms with E-state index in [4.69, 9.17) is 21.1 Å². The van der Waals surface area contributed by atoms with Crippen molar-refractivity contribution in [2.24, 2.45) is 0 Å². The normalized spacial score (nSPS) is 12.0. The third-order valence-corrected chi connectivity index (χ3v) is 4.85. The predicted molar refractivity (Wildman–Crippen MR) is 108 cm³/mol. The van der Waals surface area contributed by atoms with Gasteiger partial charge in [-0.2, -0.15) is 0 Å². The maximum atomic E-state index is 12.7. The molecule has 7 heteroatoms. The lowest BCUT2D eigenvalue weighted by Gasteiger charge is -2.25. The van der Waals surface area contributed by atoms with Crippen molar-refractivity contribution < 1.29 is 14.3 Å². The fourth-order valence-electron chi connectivity index (χ4n) is 2.49. The topological polar surface area (TPSA) is 50.8 Å². The van der Waals surface area contributed by atoms with Crippen LogP contribution >= 0.6 is 27.5 Å². The SMILES string of the molecule is COc1ccc(Br)cc1CN(C)[C@H](C)C(=O)Nc1cc(Cl)ccc1OC. The summed E-state index contributed by atoms with van der Waals surface area (Å²) < 4.78 is 11.6. The molecule has 2 rings (SSSR count). The van der Waals surface area contributed by atoms with E-state index in [0.717, 1.165) is 15.8 Å². The average Bonchev–Trinajstić information content (AvgIpc) is 2.61. The van der Waals surface area contributed by atoms with E-state index in [9.17, 15) is 4.79 Å². The van der Waals surface area contributed by atoms with Crippen molar-refractivity contribution >= 4 is 39.1 Å². The summed E-state index contributed by atoms with van der Waals surface area (Å²) in [7, 11) is 5.07. The van der Waals surface area contributed by atoms with Gasteiger partial charge in [-0.3, -0.25) is 9.69 Å². The number of halogens is 2. The number of hydrogen-bond acceptors (Lipinski definition) is 4. The van der Waals surface area contributed by atoms with Crippen molar-refractivity contribution in [3.8, 4) is 11.5 Å². The van der Waals surface area contributed by atoms with Crippen LogP contribution in [-0.4, -0.2) is 38.1 Å². The van der Waals surface area contributed by atoms with Gasteiger partial charge < -0.3 is 14.8 Å². The molecule has 5 nitrogen and oxygen atoms in total. The van der Waals surface area contributed by atoms with Gasteiger partial charge in [0.1, 0.15) is 11.5 Å². The van der Waals surface area contributed by atoms with E-state index in [1.807, 2.05) is 37.1 Å². The molecule has 2 aromatic carbocycles. The monoisotopic (exact) mass is 440 g/mol. The van der Waals surface area contributed by atoms with Gasteiger partial charge in [0.25, 0.3) is 0 Å². The number of anilines is 1. The number of methoxy groups -OCH3 is 2. The molecule has 1 amide bonds. The number of amides is 1. The van der Waals surface area contributed by atoms with Gasteiger partial charge >= 0.3 is 0 Å². The highest BCUT2D eigenvalue weighted by atomic mass is 79.9. The Labute approximate surface area is 167 Å². The number of nitrogens with one attached hydrogen (secondary N) is 1. The van der Waals surface area contributed by atoms with Crippen LogP contribution in [0.4, 0.5) is 5.69 Å². The van der Waals surface area contributed by atoms with Crippen LogP contribution in [0.25, 0.3) is 0 Å². The summed E-state index contributed by atoms with van der Waals surface area (Å²) in [6.07, 6.45) is 0. The lowest BCUT2D eigenvalue weighted by Crippen LogP contribution is -2.39. The average molecular weight is 442 g/mol. The van der Waals surface area contributed by atoms with Crippen molar-refractivity contribution in [3.05, 3.63) is 51.5 Å². The van der Waals surface area contributed by atoms with Gasteiger partial charge in [0.15, 0.2) is 0 Å². The number of likely N-dealkylation sites (N-methyl/N-ethyl adjacent to an activating group) is 1. The highest BCUT2D eigenvalue weighted by Gasteiger charge is 2.21. The zero-order chi connectivity index (χ0) is 19.3. The molecule has 0 saturated heterocycles. The van der Waals surface area contributed by atoms with Crippen LogP contribution in [0.3, 0.4) is 0 Å². The van der Waals surface area contributed by atoms with Crippen LogP contribution in [-0.2, 0) is 11.3 Å². The van der Waals surface area contributed by atoms with E-state index >= 15 is 0 Å². The molecule has 26 heavy (non-hydrogen) atoms. The van der Waals surface area contributed by atoms with Crippen molar-refractivity contribution in [1.29, 1.82) is 0 Å². The van der Waals surface area contributed by atoms with E-state index in [2.05, 4.69) is 21.2 Å². The Kier molecular flexibility index (Phi) is 7.32. The zero-order valence-corrected chi connectivity index (χ0v) is 17.5. The maximum Gasteiger partial charge on any atom is 0.241 e. The Morgan fingerprint density at radius 1 is 1.19 bits per heavy atom. The molecule has 0 spiro atoms. The van der Waals surface area contributed by atoms with E-state index in [1.54, 1.807) is 32.4 Å². The number of carbonyl (C=O) groups is 1. The van der Waals surface area contributed by atoms with Crippen LogP contribution in [0.15, 0.2) is 40.9 Å². The molecule has 0 heterocycles. The second-order valence-electron chi connectivity index (χ2n) is 5.88. The first-order chi connectivity index (χ1) is 12.3. The molecule has 2 aromatic rings. The van der Waals surface area contributed by atoms with Crippen LogP contribution in [0.5, 0.6) is 11.5 Å². The first-order valence-corrected chi connectivity index (χ1v) is 9.20. The molecule has 0 fully saturated rings. The summed E-state index contributed by atoms with van der Waals surface area (Å²) in [5.41, 5.74) is 1.54. The van der Waals surface area contributed by atoms with Gasteiger partial charge in [-0.25, -0.2) is 0 Å². The number of benzene rings is 2. The second-order valence-corrected chi connectivity index (χ2v) is 7.23. The Balaban J connectivity index is 2.11. The number of carbonyl (C=O) groups excluding carboxylic acids is 1. The number of hydrogen-bond donors (Lipinski definition) is 1. The molecule has 140 valence electrons. The van der Waals surface area contributed by atoms with E-state index in [0.29, 0.717) is 23.0 Å². The minimum Gasteiger partial charge on any atom is -0.496 e. The smallest absolute Gasteiger partial charge is 0.241 e. The van der Waals surface area contributed by atoms with Crippen LogP contribution < -0.4 is 14.8 Å². The fraction of sp³-hybridized carbons (Fsp3) is 0.316. The molecule has 0 aliphatic rings. The molecule has 1 atom stereocenters. The molecule has 0 radical (unpaired) electrons. The molecule has 0 aromatic heterocycles. The highest BCUT2D eigenvalue weighted by molar-refractivity contribution is 9.10. The van der Waals surface area contributed by atoms with Crippen LogP contribution in [0.1, 0.15) is 12.5 Å². The van der Waals surface area contributed by atoms with Gasteiger partial charge in [-0.1, -0.05) is 27.5 Å². The summed E-state index contributed by atoms with van der Waals surface area (Å²) in [5, 5.41) is 3.41. The Bertz CT molecular complexity index is 785. The second kappa shape index (κ2) is 9.26. The minimum absolute atomic E-state index is 0.151. The van der Waals surface area contributed by atoms with Crippen molar-refractivity contribution in [1.82, 2.24) is 4.90 Å². The lowest BCUT2D eigenvalue weighted by atomic mass is 10.1. The largest absolute Gasteiger partial charge is 0.496 e. The summed E-state index contributed by atoms with van der Waals surface area (Å²) in [6.45, 7) is 2.40. The molecule has 0 bridgehead atoms. The Hall–Kier alpha value is -1.76. The first kappa shape index (κ1) is 20.6. The summed E-state index contributed by atoms with van der Waals surface area (Å²) in [6, 6.07) is 10.5. The standard InChI is InChI=1S/C19H22BrClN2O3/c1-12(19(24)22-16-10-15(21)6-8-18(16)26-4)23(2)11-13-9-14(20)5-7-17(13)25-3/h5-10,12H,11H2,1-4H3,(H,22,24)/t12-/m1/s1. The maximum absolute atomic E-state index is 12.7. The quantitative estimate of drug-likeness (QED) is 0.683. The van der Waals surface area contributed by atoms with E-state index < -0.39 is 0 Å². The number of ether oxygens (including phenoxy) is 2. The zero-order valence-electron chi connectivity index (χ0n) is 15.2. The summed E-state index contributed by atoms with van der Waals surface area (Å²) in [4.78, 5) is 14.6. The lowest BCUT2D eigenvalue weighted by molar-refractivity contribution is -0.120. The number of nitrogens with zero attached hydrogens (tertiary/aromatic N) is 1. The van der Waals surface area contributed by atoms with Crippen LogP contribution in [0, 0.1) is 0 Å². The fourth-order valence-corrected chi connectivity index (χ4v) is 3.07. The Morgan fingerprint density at radius 3 is 2.50 bits per heavy atom. The van der Waals surface area contributed by atoms with Gasteiger partial charge in [0.05, 0.1) is 25.9 Å². The predicted octanol–water partition coefficient (Wildman–Crippen LogP) is 4.58. The third-order valence-electron chi connectivity index (χ3n) is 4.12. The van der Waals surface area contributed by atoms with Crippen molar-refractivity contribution in [2.45, 2.75) is 19.5 Å². The van der Waals surface area contributed by atoms with Crippen molar-refractivity contribution in [2.75, 3.05) is 26.6 Å². The summed E-state index contributed by atoms with van der Waals surface area (Å²) in [5.74, 6) is 1.19. The third kappa shape index (κ3) is 5.13. The molecule has 0 aliphatic heterocycles. The molecule has 0 aliphatic carbocycles. The van der Waals surface area contributed by atoms with Gasteiger partial charge in [-0.05, 0) is 50.4 Å². The molecule has 1 N–H and O–H groups in total. The molecular formula is C19H22BrClN2O3. The molecule has 0 saturated carbocycles. The highest BCUT2D eigenvalue weighted by Crippen LogP contribution is 2.28. The summed E-state index contributed by atoms with van der Waals surface area (Å²) >= 11 is 9.49. The van der Waals surface area contributed by atoms with Gasteiger partial charge in [0, 0.05) is 21.6 Å². The van der Waals surface area contributed by atoms with Crippen LogP contribution in [0.2, 0.25) is 5.02 Å². The van der Waals surface area contributed by atoms with Gasteiger partial charge in [-0.15, -0.1) is 0 Å². The number of rotatable bonds is 7. The van der Waals surface area contributed by atoms with Crippen molar-refractivity contribution in [3.63, 3.8) is 0 Å². The molecular weight excluding hydrogens is 420 g/mol.